The fraction of sp³-hybridized carbons (Fsp3) is 0.500. The second kappa shape index (κ2) is 4.61. The van der Waals surface area contributed by atoms with Crippen LogP contribution in [0.2, 0.25) is 0 Å². The SMILES string of the molecule is CCCC1Nc2ccc(OC)cc2NC1O. The monoisotopic (exact) mass is 222 g/mol. The van der Waals surface area contributed by atoms with Crippen LogP contribution in [0.25, 0.3) is 0 Å². The summed E-state index contributed by atoms with van der Waals surface area (Å²) in [5.74, 6) is 0.786. The molecule has 0 bridgehead atoms. The molecule has 0 aromatic heterocycles. The van der Waals surface area contributed by atoms with Crippen molar-refractivity contribution in [2.75, 3.05) is 17.7 Å². The summed E-state index contributed by atoms with van der Waals surface area (Å²) in [6, 6.07) is 5.84. The first-order valence-electron chi connectivity index (χ1n) is 5.63. The van der Waals surface area contributed by atoms with E-state index in [0.717, 1.165) is 30.0 Å². The van der Waals surface area contributed by atoms with E-state index in [2.05, 4.69) is 17.6 Å². The van der Waals surface area contributed by atoms with E-state index in [9.17, 15) is 5.11 Å². The Morgan fingerprint density at radius 3 is 2.81 bits per heavy atom. The normalized spacial score (nSPS) is 22.9. The van der Waals surface area contributed by atoms with E-state index in [4.69, 9.17) is 4.74 Å². The van der Waals surface area contributed by atoms with Crippen LogP contribution in [0.15, 0.2) is 18.2 Å². The molecule has 1 aliphatic heterocycles. The summed E-state index contributed by atoms with van der Waals surface area (Å²) in [4.78, 5) is 0. The number of hydrogen-bond acceptors (Lipinski definition) is 4. The molecule has 4 heteroatoms. The predicted molar refractivity (Wildman–Crippen MR) is 64.9 cm³/mol. The van der Waals surface area contributed by atoms with E-state index in [0.29, 0.717) is 0 Å². The fourth-order valence-electron chi connectivity index (χ4n) is 1.98. The molecule has 3 N–H and O–H groups in total. The molecule has 16 heavy (non-hydrogen) atoms. The van der Waals surface area contributed by atoms with Crippen molar-refractivity contribution in [3.63, 3.8) is 0 Å². The van der Waals surface area contributed by atoms with Gasteiger partial charge in [-0.1, -0.05) is 13.3 Å². The van der Waals surface area contributed by atoms with Crippen molar-refractivity contribution in [1.82, 2.24) is 0 Å². The first kappa shape index (κ1) is 11.1. The Kier molecular flexibility index (Phi) is 3.19. The zero-order valence-electron chi connectivity index (χ0n) is 9.66. The zero-order chi connectivity index (χ0) is 11.5. The van der Waals surface area contributed by atoms with Crippen LogP contribution < -0.4 is 15.4 Å². The van der Waals surface area contributed by atoms with Crippen LogP contribution in [-0.2, 0) is 0 Å². The summed E-state index contributed by atoms with van der Waals surface area (Å²) in [6.45, 7) is 2.11. The maximum Gasteiger partial charge on any atom is 0.144 e. The summed E-state index contributed by atoms with van der Waals surface area (Å²) in [5, 5.41) is 16.3. The molecule has 0 fully saturated rings. The third kappa shape index (κ3) is 2.07. The third-order valence-electron chi connectivity index (χ3n) is 2.85. The molecule has 1 aromatic rings. The lowest BCUT2D eigenvalue weighted by atomic mass is 10.1. The molecule has 0 aliphatic carbocycles. The highest BCUT2D eigenvalue weighted by atomic mass is 16.5. The lowest BCUT2D eigenvalue weighted by Gasteiger charge is -2.33. The molecule has 0 saturated carbocycles. The average molecular weight is 222 g/mol. The molecule has 88 valence electrons. The van der Waals surface area contributed by atoms with Gasteiger partial charge in [-0.05, 0) is 18.6 Å². The summed E-state index contributed by atoms with van der Waals surface area (Å²) in [5.41, 5.74) is 1.91. The summed E-state index contributed by atoms with van der Waals surface area (Å²) in [7, 11) is 1.63. The quantitative estimate of drug-likeness (QED) is 0.732. The number of nitrogens with one attached hydrogen (secondary N) is 2. The largest absolute Gasteiger partial charge is 0.497 e. The molecule has 2 atom stereocenters. The summed E-state index contributed by atoms with van der Waals surface area (Å²) >= 11 is 0. The minimum atomic E-state index is -0.542. The predicted octanol–water partition coefficient (Wildman–Crippen LogP) is 2.02. The van der Waals surface area contributed by atoms with Crippen LogP contribution in [0.4, 0.5) is 11.4 Å². The minimum absolute atomic E-state index is 0.0749. The van der Waals surface area contributed by atoms with Crippen molar-refractivity contribution in [2.24, 2.45) is 0 Å². The molecule has 0 saturated heterocycles. The Hall–Kier alpha value is -1.42. The van der Waals surface area contributed by atoms with Gasteiger partial charge < -0.3 is 20.5 Å². The van der Waals surface area contributed by atoms with Gasteiger partial charge in [0.1, 0.15) is 12.0 Å². The topological polar surface area (TPSA) is 53.5 Å². The smallest absolute Gasteiger partial charge is 0.144 e. The molecule has 1 heterocycles. The van der Waals surface area contributed by atoms with Crippen molar-refractivity contribution in [3.8, 4) is 5.75 Å². The van der Waals surface area contributed by atoms with Crippen LogP contribution >= 0.6 is 0 Å². The number of methoxy groups -OCH3 is 1. The van der Waals surface area contributed by atoms with E-state index in [1.807, 2.05) is 18.2 Å². The summed E-state index contributed by atoms with van der Waals surface area (Å²) < 4.78 is 5.14. The van der Waals surface area contributed by atoms with E-state index in [1.165, 1.54) is 0 Å². The van der Waals surface area contributed by atoms with E-state index in [1.54, 1.807) is 7.11 Å². The number of fused-ring (bicyclic) bond motifs is 1. The van der Waals surface area contributed by atoms with E-state index >= 15 is 0 Å². The molecule has 2 rings (SSSR count). The highest BCUT2D eigenvalue weighted by Gasteiger charge is 2.24. The third-order valence-corrected chi connectivity index (χ3v) is 2.85. The van der Waals surface area contributed by atoms with Crippen LogP contribution in [0, 0.1) is 0 Å². The minimum Gasteiger partial charge on any atom is -0.497 e. The Labute approximate surface area is 95.6 Å². The van der Waals surface area contributed by atoms with E-state index < -0.39 is 6.23 Å². The first-order valence-corrected chi connectivity index (χ1v) is 5.63. The number of aliphatic hydroxyl groups is 1. The molecule has 4 nitrogen and oxygen atoms in total. The lowest BCUT2D eigenvalue weighted by molar-refractivity contribution is 0.172. The van der Waals surface area contributed by atoms with Gasteiger partial charge in [-0.15, -0.1) is 0 Å². The van der Waals surface area contributed by atoms with Crippen molar-refractivity contribution in [3.05, 3.63) is 18.2 Å². The van der Waals surface area contributed by atoms with Crippen molar-refractivity contribution in [2.45, 2.75) is 32.0 Å². The number of rotatable bonds is 3. The van der Waals surface area contributed by atoms with Crippen LogP contribution in [0.5, 0.6) is 5.75 Å². The molecule has 2 unspecified atom stereocenters. The van der Waals surface area contributed by atoms with Crippen LogP contribution in [0.3, 0.4) is 0 Å². The molecule has 0 radical (unpaired) electrons. The highest BCUT2D eigenvalue weighted by Crippen LogP contribution is 2.32. The van der Waals surface area contributed by atoms with Gasteiger partial charge in [0.05, 0.1) is 24.5 Å². The van der Waals surface area contributed by atoms with Crippen molar-refractivity contribution in [1.29, 1.82) is 0 Å². The summed E-state index contributed by atoms with van der Waals surface area (Å²) in [6.07, 6.45) is 1.45. The van der Waals surface area contributed by atoms with Gasteiger partial charge in [0, 0.05) is 6.07 Å². The number of ether oxygens (including phenoxy) is 1. The molecular formula is C12H18N2O2. The van der Waals surface area contributed by atoms with Crippen molar-refractivity contribution >= 4 is 11.4 Å². The average Bonchev–Trinajstić information content (AvgIpc) is 2.30. The Bertz CT molecular complexity index is 368. The van der Waals surface area contributed by atoms with E-state index in [-0.39, 0.29) is 6.04 Å². The second-order valence-electron chi connectivity index (χ2n) is 4.04. The molecule has 1 aromatic carbocycles. The number of hydrogen-bond donors (Lipinski definition) is 3. The Morgan fingerprint density at radius 2 is 2.12 bits per heavy atom. The molecule has 0 spiro atoms. The van der Waals surface area contributed by atoms with Gasteiger partial charge in [0.25, 0.3) is 0 Å². The van der Waals surface area contributed by atoms with Gasteiger partial charge in [-0.25, -0.2) is 0 Å². The maximum atomic E-state index is 9.90. The number of benzene rings is 1. The zero-order valence-corrected chi connectivity index (χ0v) is 9.66. The molecule has 0 amide bonds. The molecule has 1 aliphatic rings. The second-order valence-corrected chi connectivity index (χ2v) is 4.04. The molecular weight excluding hydrogens is 204 g/mol. The van der Waals surface area contributed by atoms with Gasteiger partial charge in [0.15, 0.2) is 0 Å². The number of anilines is 2. The maximum absolute atomic E-state index is 9.90. The van der Waals surface area contributed by atoms with Gasteiger partial charge >= 0.3 is 0 Å². The standard InChI is InChI=1S/C12H18N2O2/c1-3-4-10-12(15)14-11-7-8(16-2)5-6-9(11)13-10/h5-7,10,12-15H,3-4H2,1-2H3. The van der Waals surface area contributed by atoms with Gasteiger partial charge in [-0.3, -0.25) is 0 Å². The van der Waals surface area contributed by atoms with Crippen molar-refractivity contribution < 1.29 is 9.84 Å². The Morgan fingerprint density at radius 1 is 1.31 bits per heavy atom. The highest BCUT2D eigenvalue weighted by molar-refractivity contribution is 5.73. The van der Waals surface area contributed by atoms with Gasteiger partial charge in [-0.2, -0.15) is 0 Å². The first-order chi connectivity index (χ1) is 7.74. The van der Waals surface area contributed by atoms with Crippen LogP contribution in [-0.4, -0.2) is 24.5 Å². The van der Waals surface area contributed by atoms with Crippen LogP contribution in [0.1, 0.15) is 19.8 Å². The van der Waals surface area contributed by atoms with Gasteiger partial charge in [0.2, 0.25) is 0 Å². The Balaban J connectivity index is 2.20. The fourth-order valence-corrected chi connectivity index (χ4v) is 1.98. The number of aliphatic hydroxyl groups excluding tert-OH is 1. The lowest BCUT2D eigenvalue weighted by Crippen LogP contribution is -2.42.